The van der Waals surface area contributed by atoms with Crippen molar-refractivity contribution >= 4 is 21.6 Å². The molecule has 0 heterocycles. The maximum atomic E-state index is 13.7. The van der Waals surface area contributed by atoms with Crippen molar-refractivity contribution in [1.82, 2.24) is 5.32 Å². The topological polar surface area (TPSA) is 66.5 Å². The Kier molecular flexibility index (Phi) is 6.70. The minimum absolute atomic E-state index is 0.136. The van der Waals surface area contributed by atoms with Gasteiger partial charge in [0.25, 0.3) is 0 Å². The monoisotopic (exact) mass is 444 g/mol. The van der Waals surface area contributed by atoms with Gasteiger partial charge in [-0.3, -0.25) is 9.10 Å². The number of nitrogens with one attached hydrogen (secondary N) is 1. The number of carbonyl (C=O) groups excluding carboxylic acids is 1. The van der Waals surface area contributed by atoms with E-state index in [9.17, 15) is 22.0 Å². The van der Waals surface area contributed by atoms with Gasteiger partial charge in [-0.05, 0) is 30.2 Å². The molecule has 8 heteroatoms. The van der Waals surface area contributed by atoms with Crippen LogP contribution in [0.2, 0.25) is 0 Å². The second kappa shape index (κ2) is 9.26. The highest BCUT2D eigenvalue weighted by atomic mass is 32.2. The largest absolute Gasteiger partial charge is 0.344 e. The Morgan fingerprint density at radius 3 is 2.23 bits per heavy atom. The van der Waals surface area contributed by atoms with E-state index in [1.807, 2.05) is 61.5 Å². The Bertz CT molecular complexity index is 1180. The number of carbonyl (C=O) groups is 1. The van der Waals surface area contributed by atoms with Crippen LogP contribution in [0.25, 0.3) is 0 Å². The number of halogens is 2. The molecule has 0 spiro atoms. The van der Waals surface area contributed by atoms with Crippen molar-refractivity contribution in [2.24, 2.45) is 0 Å². The third-order valence-electron chi connectivity index (χ3n) is 4.69. The molecular formula is C23H22F2N2O3S. The molecule has 162 valence electrons. The highest BCUT2D eigenvalue weighted by Crippen LogP contribution is 2.24. The molecule has 3 aromatic carbocycles. The molecule has 3 aromatic rings. The van der Waals surface area contributed by atoms with Crippen LogP contribution in [-0.4, -0.2) is 27.1 Å². The van der Waals surface area contributed by atoms with Crippen LogP contribution in [0.1, 0.15) is 22.7 Å². The van der Waals surface area contributed by atoms with Gasteiger partial charge in [0, 0.05) is 6.07 Å². The van der Waals surface area contributed by atoms with Gasteiger partial charge in [0.15, 0.2) is 11.6 Å². The number of nitrogens with zero attached hydrogens (tertiary/aromatic N) is 1. The van der Waals surface area contributed by atoms with Gasteiger partial charge in [-0.1, -0.05) is 60.2 Å². The number of anilines is 1. The molecule has 0 radical (unpaired) electrons. The number of rotatable bonds is 7. The molecule has 1 atom stereocenters. The van der Waals surface area contributed by atoms with E-state index in [1.165, 1.54) is 0 Å². The van der Waals surface area contributed by atoms with Crippen molar-refractivity contribution in [3.05, 3.63) is 101 Å². The van der Waals surface area contributed by atoms with Crippen molar-refractivity contribution < 1.29 is 22.0 Å². The Morgan fingerprint density at radius 2 is 1.61 bits per heavy atom. The summed E-state index contributed by atoms with van der Waals surface area (Å²) in [6.07, 6.45) is 0.900. The highest BCUT2D eigenvalue weighted by Gasteiger charge is 2.24. The van der Waals surface area contributed by atoms with E-state index < -0.39 is 40.2 Å². The predicted octanol–water partition coefficient (Wildman–Crippen LogP) is 3.95. The van der Waals surface area contributed by atoms with Crippen molar-refractivity contribution in [1.29, 1.82) is 0 Å². The Morgan fingerprint density at radius 1 is 0.935 bits per heavy atom. The maximum Gasteiger partial charge on any atom is 0.241 e. The molecule has 0 aromatic heterocycles. The van der Waals surface area contributed by atoms with Crippen LogP contribution in [0.4, 0.5) is 14.5 Å². The van der Waals surface area contributed by atoms with Crippen LogP contribution < -0.4 is 9.62 Å². The smallest absolute Gasteiger partial charge is 0.241 e. The van der Waals surface area contributed by atoms with E-state index in [4.69, 9.17) is 0 Å². The van der Waals surface area contributed by atoms with E-state index in [0.717, 1.165) is 45.5 Å². The molecular weight excluding hydrogens is 422 g/mol. The minimum Gasteiger partial charge on any atom is -0.344 e. The summed E-state index contributed by atoms with van der Waals surface area (Å²) in [6, 6.07) is 19.0. The fourth-order valence-corrected chi connectivity index (χ4v) is 4.08. The first-order valence-corrected chi connectivity index (χ1v) is 11.3. The molecule has 5 nitrogen and oxygen atoms in total. The molecule has 1 amide bonds. The molecule has 0 aliphatic rings. The molecule has 0 bridgehead atoms. The summed E-state index contributed by atoms with van der Waals surface area (Å²) in [5.41, 5.74) is 2.52. The predicted molar refractivity (Wildman–Crippen MR) is 116 cm³/mol. The normalized spacial score (nSPS) is 12.3. The quantitative estimate of drug-likeness (QED) is 0.600. The second-order valence-electron chi connectivity index (χ2n) is 7.19. The molecule has 1 unspecified atom stereocenters. The third-order valence-corrected chi connectivity index (χ3v) is 5.83. The Hall–Kier alpha value is -3.26. The van der Waals surface area contributed by atoms with E-state index >= 15 is 0 Å². The van der Waals surface area contributed by atoms with Gasteiger partial charge in [0.2, 0.25) is 15.9 Å². The number of sulfonamides is 1. The molecule has 0 saturated heterocycles. The van der Waals surface area contributed by atoms with Crippen molar-refractivity contribution in [2.45, 2.75) is 13.0 Å². The summed E-state index contributed by atoms with van der Waals surface area (Å²) in [7, 11) is -3.93. The lowest BCUT2D eigenvalue weighted by molar-refractivity contribution is -0.120. The van der Waals surface area contributed by atoms with Crippen molar-refractivity contribution in [2.75, 3.05) is 17.1 Å². The first-order valence-electron chi connectivity index (χ1n) is 9.49. The summed E-state index contributed by atoms with van der Waals surface area (Å²) >= 11 is 0. The van der Waals surface area contributed by atoms with Gasteiger partial charge in [-0.2, -0.15) is 0 Å². The van der Waals surface area contributed by atoms with Gasteiger partial charge in [-0.25, -0.2) is 17.2 Å². The number of amides is 1. The molecule has 1 N–H and O–H groups in total. The number of hydrogen-bond acceptors (Lipinski definition) is 3. The van der Waals surface area contributed by atoms with Gasteiger partial charge in [-0.15, -0.1) is 0 Å². The Labute approximate surface area is 180 Å². The van der Waals surface area contributed by atoms with Gasteiger partial charge in [0.05, 0.1) is 18.0 Å². The lowest BCUT2D eigenvalue weighted by atomic mass is 9.97. The van der Waals surface area contributed by atoms with Crippen LogP contribution >= 0.6 is 0 Å². The van der Waals surface area contributed by atoms with Gasteiger partial charge >= 0.3 is 0 Å². The van der Waals surface area contributed by atoms with E-state index in [-0.39, 0.29) is 5.69 Å². The average molecular weight is 445 g/mol. The lowest BCUT2D eigenvalue weighted by Gasteiger charge is -2.25. The van der Waals surface area contributed by atoms with Crippen LogP contribution in [-0.2, 0) is 14.8 Å². The van der Waals surface area contributed by atoms with Crippen LogP contribution in [0, 0.1) is 18.6 Å². The van der Waals surface area contributed by atoms with Gasteiger partial charge in [0.1, 0.15) is 6.54 Å². The summed E-state index contributed by atoms with van der Waals surface area (Å²) < 4.78 is 52.2. The zero-order valence-electron chi connectivity index (χ0n) is 17.0. The van der Waals surface area contributed by atoms with Gasteiger partial charge < -0.3 is 5.32 Å². The lowest BCUT2D eigenvalue weighted by Crippen LogP contribution is -2.41. The van der Waals surface area contributed by atoms with Crippen molar-refractivity contribution in [3.8, 4) is 0 Å². The summed E-state index contributed by atoms with van der Waals surface area (Å²) in [5.74, 6) is -2.90. The van der Waals surface area contributed by atoms with E-state index in [2.05, 4.69) is 5.32 Å². The summed E-state index contributed by atoms with van der Waals surface area (Å²) in [5, 5.41) is 2.86. The van der Waals surface area contributed by atoms with E-state index in [0.29, 0.717) is 0 Å². The number of benzene rings is 3. The number of aryl methyl sites for hydroxylation is 1. The van der Waals surface area contributed by atoms with Crippen molar-refractivity contribution in [3.63, 3.8) is 0 Å². The molecule has 3 rings (SSSR count). The SMILES string of the molecule is Cc1cccc(C(NC(=O)CN(c2ccc(F)c(F)c2)S(C)(=O)=O)c2ccccc2)c1. The third kappa shape index (κ3) is 5.67. The minimum atomic E-state index is -3.93. The average Bonchev–Trinajstić information content (AvgIpc) is 2.72. The molecule has 0 aliphatic carbocycles. The zero-order chi connectivity index (χ0) is 22.6. The fourth-order valence-electron chi connectivity index (χ4n) is 3.23. The Balaban J connectivity index is 1.90. The fraction of sp³-hybridized carbons (Fsp3) is 0.174. The van der Waals surface area contributed by atoms with Crippen LogP contribution in [0.3, 0.4) is 0 Å². The molecule has 0 aliphatic heterocycles. The number of hydrogen-bond donors (Lipinski definition) is 1. The molecule has 31 heavy (non-hydrogen) atoms. The second-order valence-corrected chi connectivity index (χ2v) is 9.10. The highest BCUT2D eigenvalue weighted by molar-refractivity contribution is 7.92. The summed E-state index contributed by atoms with van der Waals surface area (Å²) in [6.45, 7) is 1.35. The van der Waals surface area contributed by atoms with E-state index in [1.54, 1.807) is 0 Å². The standard InChI is InChI=1S/C23H22F2N2O3S/c1-16-7-6-10-18(13-16)23(17-8-4-3-5-9-17)26-22(28)15-27(31(2,29)30)19-11-12-20(24)21(25)14-19/h3-14,23H,15H2,1-2H3,(H,26,28). The summed E-state index contributed by atoms with van der Waals surface area (Å²) in [4.78, 5) is 12.9. The maximum absolute atomic E-state index is 13.7. The first-order chi connectivity index (χ1) is 14.6. The van der Waals surface area contributed by atoms with Crippen LogP contribution in [0.5, 0.6) is 0 Å². The first kappa shape index (κ1) is 22.4. The molecule has 0 fully saturated rings. The van der Waals surface area contributed by atoms with Crippen LogP contribution in [0.15, 0.2) is 72.8 Å². The molecule has 0 saturated carbocycles. The zero-order valence-corrected chi connectivity index (χ0v) is 17.9.